The molecule has 0 saturated carbocycles. The van der Waals surface area contributed by atoms with E-state index in [9.17, 15) is 14.7 Å². The van der Waals surface area contributed by atoms with E-state index in [4.69, 9.17) is 4.74 Å². The standard InChI is InChI=1S/C19H23NO4/c1-12-5-7-15-10-13(6-8-14(15)9-12)11-16(17(21)22)20-18(23)24-19(2,3)4/h5-10,16H,11H2,1-4H3,(H,20,23)(H,21,22)/t16-/m0/s1. The van der Waals surface area contributed by atoms with Crippen LogP contribution in [0, 0.1) is 6.92 Å². The van der Waals surface area contributed by atoms with Crippen LogP contribution in [0.15, 0.2) is 36.4 Å². The van der Waals surface area contributed by atoms with Crippen molar-refractivity contribution in [2.24, 2.45) is 0 Å². The lowest BCUT2D eigenvalue weighted by Gasteiger charge is -2.22. The Bertz CT molecular complexity index is 762. The molecule has 1 amide bonds. The predicted molar refractivity (Wildman–Crippen MR) is 93.2 cm³/mol. The van der Waals surface area contributed by atoms with Crippen LogP contribution in [0.5, 0.6) is 0 Å². The van der Waals surface area contributed by atoms with Crippen LogP contribution in [-0.4, -0.2) is 28.8 Å². The van der Waals surface area contributed by atoms with E-state index in [1.54, 1.807) is 20.8 Å². The van der Waals surface area contributed by atoms with Crippen LogP contribution in [0.25, 0.3) is 10.8 Å². The van der Waals surface area contributed by atoms with E-state index in [1.807, 2.05) is 37.3 Å². The Hall–Kier alpha value is -2.56. The molecule has 2 rings (SSSR count). The summed E-state index contributed by atoms with van der Waals surface area (Å²) in [6.45, 7) is 7.22. The number of carboxylic acid groups (broad SMARTS) is 1. The van der Waals surface area contributed by atoms with Crippen molar-refractivity contribution in [1.29, 1.82) is 0 Å². The molecule has 0 spiro atoms. The number of carbonyl (C=O) groups is 2. The Morgan fingerprint density at radius 3 is 2.38 bits per heavy atom. The number of hydrogen-bond donors (Lipinski definition) is 2. The summed E-state index contributed by atoms with van der Waals surface area (Å²) in [5.41, 5.74) is 1.34. The normalized spacial score (nSPS) is 12.7. The summed E-state index contributed by atoms with van der Waals surface area (Å²) in [6, 6.07) is 10.8. The zero-order valence-corrected chi connectivity index (χ0v) is 14.4. The number of aryl methyl sites for hydroxylation is 1. The molecule has 0 fully saturated rings. The maximum atomic E-state index is 11.8. The number of ether oxygens (including phenoxy) is 1. The summed E-state index contributed by atoms with van der Waals surface area (Å²) >= 11 is 0. The highest BCUT2D eigenvalue weighted by Crippen LogP contribution is 2.19. The van der Waals surface area contributed by atoms with Gasteiger partial charge in [0, 0.05) is 6.42 Å². The van der Waals surface area contributed by atoms with Gasteiger partial charge in [0.15, 0.2) is 0 Å². The first kappa shape index (κ1) is 17.8. The Labute approximate surface area is 141 Å². The average Bonchev–Trinajstić information content (AvgIpc) is 2.44. The Morgan fingerprint density at radius 1 is 1.12 bits per heavy atom. The molecule has 0 aliphatic heterocycles. The molecule has 0 aliphatic rings. The highest BCUT2D eigenvalue weighted by atomic mass is 16.6. The zero-order valence-electron chi connectivity index (χ0n) is 14.4. The number of fused-ring (bicyclic) bond motifs is 1. The zero-order chi connectivity index (χ0) is 17.9. The van der Waals surface area contributed by atoms with Crippen LogP contribution in [0.3, 0.4) is 0 Å². The minimum atomic E-state index is -1.09. The molecule has 0 radical (unpaired) electrons. The van der Waals surface area contributed by atoms with Gasteiger partial charge in [-0.25, -0.2) is 9.59 Å². The lowest BCUT2D eigenvalue weighted by atomic mass is 10.0. The molecule has 24 heavy (non-hydrogen) atoms. The van der Waals surface area contributed by atoms with Crippen molar-refractivity contribution in [3.63, 3.8) is 0 Å². The predicted octanol–water partition coefficient (Wildman–Crippen LogP) is 3.67. The van der Waals surface area contributed by atoms with Gasteiger partial charge >= 0.3 is 12.1 Å². The van der Waals surface area contributed by atoms with Crippen molar-refractivity contribution in [3.05, 3.63) is 47.5 Å². The fourth-order valence-electron chi connectivity index (χ4n) is 2.43. The Kier molecular flexibility index (Phi) is 5.12. The largest absolute Gasteiger partial charge is 0.480 e. The number of amides is 1. The summed E-state index contributed by atoms with van der Waals surface area (Å²) in [6.07, 6.45) is -0.537. The molecule has 0 saturated heterocycles. The van der Waals surface area contributed by atoms with Crippen LogP contribution in [0.1, 0.15) is 31.9 Å². The summed E-state index contributed by atoms with van der Waals surface area (Å²) in [5, 5.41) is 13.9. The Morgan fingerprint density at radius 2 is 1.75 bits per heavy atom. The van der Waals surface area contributed by atoms with Gasteiger partial charge in [0.05, 0.1) is 0 Å². The summed E-state index contributed by atoms with van der Waals surface area (Å²) < 4.78 is 5.13. The molecule has 1 atom stereocenters. The second kappa shape index (κ2) is 6.91. The highest BCUT2D eigenvalue weighted by Gasteiger charge is 2.24. The number of carbonyl (C=O) groups excluding carboxylic acids is 1. The van der Waals surface area contributed by atoms with E-state index in [1.165, 1.54) is 5.56 Å². The first-order valence-electron chi connectivity index (χ1n) is 7.86. The number of hydrogen-bond acceptors (Lipinski definition) is 3. The molecule has 5 nitrogen and oxygen atoms in total. The lowest BCUT2D eigenvalue weighted by Crippen LogP contribution is -2.44. The van der Waals surface area contributed by atoms with Gasteiger partial charge in [-0.15, -0.1) is 0 Å². The average molecular weight is 329 g/mol. The smallest absolute Gasteiger partial charge is 0.408 e. The molecule has 0 bridgehead atoms. The van der Waals surface area contributed by atoms with Crippen molar-refractivity contribution in [1.82, 2.24) is 5.32 Å². The number of benzene rings is 2. The lowest BCUT2D eigenvalue weighted by molar-refractivity contribution is -0.139. The van der Waals surface area contributed by atoms with Crippen molar-refractivity contribution >= 4 is 22.8 Å². The fourth-order valence-corrected chi connectivity index (χ4v) is 2.43. The molecule has 0 aliphatic carbocycles. The van der Waals surface area contributed by atoms with Crippen LogP contribution in [-0.2, 0) is 16.0 Å². The summed E-state index contributed by atoms with van der Waals surface area (Å²) in [7, 11) is 0. The van der Waals surface area contributed by atoms with Gasteiger partial charge in [0.25, 0.3) is 0 Å². The first-order chi connectivity index (χ1) is 11.1. The quantitative estimate of drug-likeness (QED) is 0.897. The number of aliphatic carboxylic acids is 1. The van der Waals surface area contributed by atoms with E-state index < -0.39 is 23.7 Å². The monoisotopic (exact) mass is 329 g/mol. The number of nitrogens with one attached hydrogen (secondary N) is 1. The second-order valence-corrected chi connectivity index (χ2v) is 6.93. The minimum Gasteiger partial charge on any atom is -0.480 e. The summed E-state index contributed by atoms with van der Waals surface area (Å²) in [5.74, 6) is -1.09. The van der Waals surface area contributed by atoms with Crippen LogP contribution < -0.4 is 5.32 Å². The molecule has 0 aromatic heterocycles. The highest BCUT2D eigenvalue weighted by molar-refractivity contribution is 5.84. The van der Waals surface area contributed by atoms with Gasteiger partial charge in [-0.2, -0.15) is 0 Å². The van der Waals surface area contributed by atoms with E-state index in [2.05, 4.69) is 11.4 Å². The van der Waals surface area contributed by atoms with Crippen LogP contribution >= 0.6 is 0 Å². The van der Waals surface area contributed by atoms with E-state index in [0.29, 0.717) is 0 Å². The third-order valence-corrected chi connectivity index (χ3v) is 3.49. The maximum Gasteiger partial charge on any atom is 0.408 e. The van der Waals surface area contributed by atoms with Crippen LogP contribution in [0.4, 0.5) is 4.79 Å². The molecule has 128 valence electrons. The third-order valence-electron chi connectivity index (χ3n) is 3.49. The topological polar surface area (TPSA) is 75.6 Å². The number of carboxylic acids is 1. The van der Waals surface area contributed by atoms with Crippen molar-refractivity contribution in [2.45, 2.75) is 45.8 Å². The molecular formula is C19H23NO4. The first-order valence-corrected chi connectivity index (χ1v) is 7.86. The fraction of sp³-hybridized carbons (Fsp3) is 0.368. The van der Waals surface area contributed by atoms with Crippen molar-refractivity contribution in [2.75, 3.05) is 0 Å². The SMILES string of the molecule is Cc1ccc2cc(C[C@H](NC(=O)OC(C)(C)C)C(=O)O)ccc2c1. The van der Waals surface area contributed by atoms with Gasteiger partial charge in [-0.3, -0.25) is 0 Å². The molecular weight excluding hydrogens is 306 g/mol. The maximum absolute atomic E-state index is 11.8. The molecule has 2 N–H and O–H groups in total. The van der Waals surface area contributed by atoms with E-state index in [0.717, 1.165) is 16.3 Å². The van der Waals surface area contributed by atoms with E-state index in [-0.39, 0.29) is 6.42 Å². The molecule has 2 aromatic rings. The number of alkyl carbamates (subject to hydrolysis) is 1. The second-order valence-electron chi connectivity index (χ2n) is 6.93. The van der Waals surface area contributed by atoms with Gasteiger partial charge in [-0.05, 0) is 44.0 Å². The molecule has 2 aromatic carbocycles. The van der Waals surface area contributed by atoms with Gasteiger partial charge in [0.2, 0.25) is 0 Å². The summed E-state index contributed by atoms with van der Waals surface area (Å²) in [4.78, 5) is 23.3. The number of rotatable bonds is 4. The molecule has 0 unspecified atom stereocenters. The molecule has 5 heteroatoms. The Balaban J connectivity index is 2.14. The van der Waals surface area contributed by atoms with Crippen molar-refractivity contribution in [3.8, 4) is 0 Å². The van der Waals surface area contributed by atoms with Gasteiger partial charge in [0.1, 0.15) is 11.6 Å². The molecule has 0 heterocycles. The van der Waals surface area contributed by atoms with Gasteiger partial charge < -0.3 is 15.2 Å². The third kappa shape index (κ3) is 4.98. The van der Waals surface area contributed by atoms with Crippen molar-refractivity contribution < 1.29 is 19.4 Å². The minimum absolute atomic E-state index is 0.193. The van der Waals surface area contributed by atoms with Gasteiger partial charge in [-0.1, -0.05) is 42.0 Å². The van der Waals surface area contributed by atoms with Crippen LogP contribution in [0.2, 0.25) is 0 Å². The van der Waals surface area contributed by atoms with E-state index >= 15 is 0 Å².